The van der Waals surface area contributed by atoms with Gasteiger partial charge in [-0.25, -0.2) is 0 Å². The largest absolute Gasteiger partial charge is 0.414 e. The van der Waals surface area contributed by atoms with Crippen molar-refractivity contribution in [1.82, 2.24) is 0 Å². The monoisotopic (exact) mass is 338 g/mol. The molecular weight excluding hydrogens is 304 g/mol. The van der Waals surface area contributed by atoms with Crippen molar-refractivity contribution < 1.29 is 13.9 Å². The fourth-order valence-electron chi connectivity index (χ4n) is 1.82. The van der Waals surface area contributed by atoms with E-state index in [1.165, 1.54) is 5.56 Å². The molecule has 1 aromatic rings. The number of ether oxygens (including phenoxy) is 2. The summed E-state index contributed by atoms with van der Waals surface area (Å²) in [7, 11) is -1.64. The summed E-state index contributed by atoms with van der Waals surface area (Å²) >= 11 is 0. The van der Waals surface area contributed by atoms with Crippen molar-refractivity contribution in [3.05, 3.63) is 35.9 Å². The highest BCUT2D eigenvalue weighted by molar-refractivity contribution is 6.74. The maximum absolute atomic E-state index is 6.09. The van der Waals surface area contributed by atoms with Crippen molar-refractivity contribution in [3.8, 4) is 0 Å². The van der Waals surface area contributed by atoms with E-state index in [0.29, 0.717) is 19.8 Å². The molecule has 0 spiro atoms. The normalized spacial score (nSPS) is 14.0. The third-order valence-electron chi connectivity index (χ3n) is 4.54. The molecule has 1 rings (SSSR count). The lowest BCUT2D eigenvalue weighted by Crippen LogP contribution is -2.41. The molecule has 0 aliphatic heterocycles. The summed E-state index contributed by atoms with van der Waals surface area (Å²) in [5, 5.41) is 0.257. The van der Waals surface area contributed by atoms with Gasteiger partial charge in [-0.15, -0.1) is 0 Å². The van der Waals surface area contributed by atoms with Crippen molar-refractivity contribution in [2.45, 2.75) is 65.0 Å². The second-order valence-electron chi connectivity index (χ2n) is 7.62. The molecule has 0 unspecified atom stereocenters. The lowest BCUT2D eigenvalue weighted by Gasteiger charge is -2.36. The summed E-state index contributed by atoms with van der Waals surface area (Å²) in [4.78, 5) is 0. The Morgan fingerprint density at radius 3 is 2.26 bits per heavy atom. The summed E-state index contributed by atoms with van der Waals surface area (Å²) in [5.74, 6) is 0. The average molecular weight is 339 g/mol. The molecule has 0 amide bonds. The molecule has 0 fully saturated rings. The first-order valence-corrected chi connectivity index (χ1v) is 11.5. The quantitative estimate of drug-likeness (QED) is 0.443. The Kier molecular flexibility index (Phi) is 8.48. The zero-order valence-electron chi connectivity index (χ0n) is 15.7. The highest BCUT2D eigenvalue weighted by Crippen LogP contribution is 2.36. The summed E-state index contributed by atoms with van der Waals surface area (Å²) in [5.41, 5.74) is 1.21. The van der Waals surface area contributed by atoms with Crippen molar-refractivity contribution in [2.75, 3.05) is 19.8 Å². The molecule has 1 aromatic carbocycles. The van der Waals surface area contributed by atoms with Crippen LogP contribution in [0.2, 0.25) is 18.1 Å². The zero-order valence-corrected chi connectivity index (χ0v) is 16.7. The first-order valence-electron chi connectivity index (χ1n) is 8.59. The molecule has 0 aliphatic rings. The van der Waals surface area contributed by atoms with Gasteiger partial charge in [0, 0.05) is 6.61 Å². The first kappa shape index (κ1) is 20.4. The Hall–Kier alpha value is -0.683. The Bertz CT molecular complexity index is 426. The van der Waals surface area contributed by atoms with E-state index in [0.717, 1.165) is 13.0 Å². The summed E-state index contributed by atoms with van der Waals surface area (Å²) in [6, 6.07) is 10.3. The molecular formula is C19H34O3Si. The Morgan fingerprint density at radius 1 is 1.00 bits per heavy atom. The summed E-state index contributed by atoms with van der Waals surface area (Å²) in [6.45, 7) is 16.1. The molecule has 0 saturated heterocycles. The van der Waals surface area contributed by atoms with Gasteiger partial charge in [0.1, 0.15) is 0 Å². The van der Waals surface area contributed by atoms with Gasteiger partial charge in [-0.05, 0) is 37.0 Å². The minimum absolute atomic E-state index is 0.205. The maximum atomic E-state index is 6.09. The van der Waals surface area contributed by atoms with Gasteiger partial charge in [-0.2, -0.15) is 0 Å². The van der Waals surface area contributed by atoms with Gasteiger partial charge in [0.2, 0.25) is 0 Å². The molecule has 0 radical (unpaired) electrons. The standard InChI is InChI=1S/C19H34O3Si/c1-17(21-16-18-10-8-7-9-11-18)12-13-20-14-15-22-23(5,6)19(2,3)4/h7-11,17H,12-16H2,1-6H3/t17-/m1/s1. The van der Waals surface area contributed by atoms with Crippen molar-refractivity contribution in [1.29, 1.82) is 0 Å². The SMILES string of the molecule is C[C@H](CCOCCO[Si](C)(C)C(C)(C)C)OCc1ccccc1. The molecule has 3 nitrogen and oxygen atoms in total. The topological polar surface area (TPSA) is 27.7 Å². The average Bonchev–Trinajstić information content (AvgIpc) is 2.48. The van der Waals surface area contributed by atoms with Crippen LogP contribution in [0.15, 0.2) is 30.3 Å². The van der Waals surface area contributed by atoms with Gasteiger partial charge in [0.25, 0.3) is 0 Å². The number of rotatable bonds is 10. The van der Waals surface area contributed by atoms with Crippen molar-refractivity contribution in [3.63, 3.8) is 0 Å². The van der Waals surface area contributed by atoms with Crippen LogP contribution >= 0.6 is 0 Å². The van der Waals surface area contributed by atoms with Gasteiger partial charge in [-0.1, -0.05) is 51.1 Å². The number of hydrogen-bond acceptors (Lipinski definition) is 3. The molecule has 4 heteroatoms. The third-order valence-corrected chi connectivity index (χ3v) is 9.08. The number of hydrogen-bond donors (Lipinski definition) is 0. The van der Waals surface area contributed by atoms with Crippen LogP contribution in [0.4, 0.5) is 0 Å². The van der Waals surface area contributed by atoms with Crippen LogP contribution in [0.1, 0.15) is 39.7 Å². The summed E-state index contributed by atoms with van der Waals surface area (Å²) < 4.78 is 17.6. The molecule has 0 heterocycles. The van der Waals surface area contributed by atoms with Crippen LogP contribution in [0.25, 0.3) is 0 Å². The van der Waals surface area contributed by atoms with E-state index < -0.39 is 8.32 Å². The lowest BCUT2D eigenvalue weighted by molar-refractivity contribution is 0.0169. The van der Waals surface area contributed by atoms with Gasteiger partial charge >= 0.3 is 0 Å². The molecule has 132 valence electrons. The molecule has 0 aliphatic carbocycles. The highest BCUT2D eigenvalue weighted by atomic mass is 28.4. The van der Waals surface area contributed by atoms with Crippen LogP contribution in [0.3, 0.4) is 0 Å². The highest BCUT2D eigenvalue weighted by Gasteiger charge is 2.36. The van der Waals surface area contributed by atoms with Gasteiger partial charge in [-0.3, -0.25) is 0 Å². The summed E-state index contributed by atoms with van der Waals surface area (Å²) in [6.07, 6.45) is 1.11. The van der Waals surface area contributed by atoms with E-state index in [9.17, 15) is 0 Å². The zero-order chi connectivity index (χ0) is 17.3. The molecule has 23 heavy (non-hydrogen) atoms. The smallest absolute Gasteiger partial charge is 0.192 e. The second-order valence-corrected chi connectivity index (χ2v) is 12.4. The van der Waals surface area contributed by atoms with Crippen LogP contribution < -0.4 is 0 Å². The molecule has 0 bridgehead atoms. The second kappa shape index (κ2) is 9.57. The lowest BCUT2D eigenvalue weighted by atomic mass is 10.2. The number of benzene rings is 1. The van der Waals surface area contributed by atoms with E-state index >= 15 is 0 Å². The molecule has 0 saturated carbocycles. The van der Waals surface area contributed by atoms with Crippen LogP contribution in [0.5, 0.6) is 0 Å². The van der Waals surface area contributed by atoms with Gasteiger partial charge in [0.05, 0.1) is 25.9 Å². The van der Waals surface area contributed by atoms with E-state index in [1.54, 1.807) is 0 Å². The van der Waals surface area contributed by atoms with Gasteiger partial charge in [0.15, 0.2) is 8.32 Å². The van der Waals surface area contributed by atoms with Crippen molar-refractivity contribution in [2.24, 2.45) is 0 Å². The van der Waals surface area contributed by atoms with Crippen molar-refractivity contribution >= 4 is 8.32 Å². The first-order chi connectivity index (χ1) is 10.7. The predicted octanol–water partition coefficient (Wildman–Crippen LogP) is 5.02. The Morgan fingerprint density at radius 2 is 1.65 bits per heavy atom. The fraction of sp³-hybridized carbons (Fsp3) is 0.684. The minimum atomic E-state index is -1.64. The van der Waals surface area contributed by atoms with E-state index in [1.807, 2.05) is 18.2 Å². The Labute approximate surface area is 143 Å². The maximum Gasteiger partial charge on any atom is 0.192 e. The fourth-order valence-corrected chi connectivity index (χ4v) is 2.85. The molecule has 1 atom stereocenters. The predicted molar refractivity (Wildman–Crippen MR) is 99.3 cm³/mol. The van der Waals surface area contributed by atoms with Crippen LogP contribution in [0, 0.1) is 0 Å². The third kappa shape index (κ3) is 8.11. The van der Waals surface area contributed by atoms with Gasteiger partial charge < -0.3 is 13.9 Å². The molecule has 0 N–H and O–H groups in total. The van der Waals surface area contributed by atoms with E-state index in [4.69, 9.17) is 13.9 Å². The van der Waals surface area contributed by atoms with E-state index in [-0.39, 0.29) is 11.1 Å². The van der Waals surface area contributed by atoms with E-state index in [2.05, 4.69) is 52.9 Å². The molecule has 0 aromatic heterocycles. The van der Waals surface area contributed by atoms with Crippen LogP contribution in [-0.4, -0.2) is 34.2 Å². The van der Waals surface area contributed by atoms with Crippen LogP contribution in [-0.2, 0) is 20.5 Å². The Balaban J connectivity index is 2.06. The minimum Gasteiger partial charge on any atom is -0.414 e.